The molecule has 102 valence electrons. The maximum absolute atomic E-state index is 6.30. The molecule has 2 aromatic rings. The van der Waals surface area contributed by atoms with Crippen LogP contribution in [-0.2, 0) is 0 Å². The largest absolute Gasteiger partial charge is 0.496 e. The minimum atomic E-state index is -0.00477. The molecule has 0 aliphatic carbocycles. The van der Waals surface area contributed by atoms with E-state index in [-0.39, 0.29) is 12.1 Å². The second-order valence-electron chi connectivity index (χ2n) is 4.70. The van der Waals surface area contributed by atoms with Gasteiger partial charge in [-0.1, -0.05) is 25.1 Å². The van der Waals surface area contributed by atoms with Crippen LogP contribution in [0.1, 0.15) is 30.6 Å². The standard InChI is InChI=1S/C15H21N3O/c1-4-13(16)15(18-10-9-11(2)17-18)12-7-5-6-8-14(12)19-3/h5-10,13,15H,4,16H2,1-3H3. The first-order chi connectivity index (χ1) is 9.17. The van der Waals surface area contributed by atoms with E-state index in [1.165, 1.54) is 0 Å². The quantitative estimate of drug-likeness (QED) is 0.897. The summed E-state index contributed by atoms with van der Waals surface area (Å²) in [7, 11) is 1.68. The van der Waals surface area contributed by atoms with Crippen LogP contribution in [0.4, 0.5) is 0 Å². The first-order valence-corrected chi connectivity index (χ1v) is 6.57. The zero-order chi connectivity index (χ0) is 13.8. The topological polar surface area (TPSA) is 53.1 Å². The first kappa shape index (κ1) is 13.6. The Bertz CT molecular complexity index is 536. The molecule has 0 aliphatic rings. The summed E-state index contributed by atoms with van der Waals surface area (Å²) in [5, 5.41) is 4.51. The molecule has 1 heterocycles. The van der Waals surface area contributed by atoms with Crippen LogP contribution in [0.3, 0.4) is 0 Å². The van der Waals surface area contributed by atoms with E-state index in [9.17, 15) is 0 Å². The zero-order valence-corrected chi connectivity index (χ0v) is 11.7. The summed E-state index contributed by atoms with van der Waals surface area (Å²) < 4.78 is 7.38. The third-order valence-electron chi connectivity index (χ3n) is 3.36. The van der Waals surface area contributed by atoms with Crippen molar-refractivity contribution in [2.45, 2.75) is 32.4 Å². The molecule has 19 heavy (non-hydrogen) atoms. The van der Waals surface area contributed by atoms with Crippen LogP contribution in [0.25, 0.3) is 0 Å². The highest BCUT2D eigenvalue weighted by Crippen LogP contribution is 2.30. The maximum Gasteiger partial charge on any atom is 0.124 e. The van der Waals surface area contributed by atoms with Crippen molar-refractivity contribution in [3.05, 3.63) is 47.8 Å². The minimum absolute atomic E-state index is 0.00407. The minimum Gasteiger partial charge on any atom is -0.496 e. The fourth-order valence-electron chi connectivity index (χ4n) is 2.29. The molecule has 0 amide bonds. The Morgan fingerprint density at radius 3 is 2.63 bits per heavy atom. The number of nitrogens with two attached hydrogens (primary N) is 1. The predicted octanol–water partition coefficient (Wildman–Crippen LogP) is 2.53. The average Bonchev–Trinajstić information content (AvgIpc) is 2.85. The number of methoxy groups -OCH3 is 1. The summed E-state index contributed by atoms with van der Waals surface area (Å²) in [5.74, 6) is 0.851. The van der Waals surface area contributed by atoms with Crippen LogP contribution in [0.2, 0.25) is 0 Å². The maximum atomic E-state index is 6.30. The van der Waals surface area contributed by atoms with Crippen molar-refractivity contribution in [3.63, 3.8) is 0 Å². The molecule has 1 aromatic carbocycles. The lowest BCUT2D eigenvalue weighted by Crippen LogP contribution is -2.33. The van der Waals surface area contributed by atoms with Gasteiger partial charge in [-0.3, -0.25) is 4.68 Å². The molecule has 0 radical (unpaired) electrons. The zero-order valence-electron chi connectivity index (χ0n) is 11.7. The molecule has 0 spiro atoms. The lowest BCUT2D eigenvalue weighted by molar-refractivity contribution is 0.375. The normalized spacial score (nSPS) is 14.1. The average molecular weight is 259 g/mol. The Hall–Kier alpha value is -1.81. The van der Waals surface area contributed by atoms with Crippen molar-refractivity contribution in [1.82, 2.24) is 9.78 Å². The van der Waals surface area contributed by atoms with E-state index in [2.05, 4.69) is 18.1 Å². The van der Waals surface area contributed by atoms with Gasteiger partial charge in [0.25, 0.3) is 0 Å². The molecule has 2 atom stereocenters. The Morgan fingerprint density at radius 1 is 1.32 bits per heavy atom. The molecule has 4 nitrogen and oxygen atoms in total. The van der Waals surface area contributed by atoms with Gasteiger partial charge in [0.1, 0.15) is 5.75 Å². The van der Waals surface area contributed by atoms with Gasteiger partial charge in [0.15, 0.2) is 0 Å². The summed E-state index contributed by atoms with van der Waals surface area (Å²) >= 11 is 0. The Kier molecular flexibility index (Phi) is 4.22. The second-order valence-corrected chi connectivity index (χ2v) is 4.70. The molecule has 0 saturated carbocycles. The first-order valence-electron chi connectivity index (χ1n) is 6.57. The third kappa shape index (κ3) is 2.79. The Labute approximate surface area is 114 Å². The molecular weight excluding hydrogens is 238 g/mol. The summed E-state index contributed by atoms with van der Waals surface area (Å²) in [6.07, 6.45) is 2.85. The van der Waals surface area contributed by atoms with E-state index >= 15 is 0 Å². The van der Waals surface area contributed by atoms with Gasteiger partial charge in [0.2, 0.25) is 0 Å². The van der Waals surface area contributed by atoms with Crippen molar-refractivity contribution in [2.75, 3.05) is 7.11 Å². The van der Waals surface area contributed by atoms with Gasteiger partial charge in [-0.05, 0) is 25.5 Å². The van der Waals surface area contributed by atoms with E-state index in [0.717, 1.165) is 23.4 Å². The van der Waals surface area contributed by atoms with Crippen molar-refractivity contribution >= 4 is 0 Å². The fraction of sp³-hybridized carbons (Fsp3) is 0.400. The number of aryl methyl sites for hydroxylation is 1. The molecule has 2 unspecified atom stereocenters. The number of benzene rings is 1. The molecule has 0 bridgehead atoms. The van der Waals surface area contributed by atoms with Gasteiger partial charge in [0.05, 0.1) is 18.8 Å². The van der Waals surface area contributed by atoms with Crippen LogP contribution in [-0.4, -0.2) is 22.9 Å². The number of para-hydroxylation sites is 1. The van der Waals surface area contributed by atoms with Gasteiger partial charge in [0, 0.05) is 17.8 Å². The smallest absolute Gasteiger partial charge is 0.124 e. The van der Waals surface area contributed by atoms with E-state index in [0.29, 0.717) is 0 Å². The molecule has 2 N–H and O–H groups in total. The number of hydrogen-bond donors (Lipinski definition) is 1. The lowest BCUT2D eigenvalue weighted by atomic mass is 9.97. The van der Waals surface area contributed by atoms with Crippen molar-refractivity contribution in [2.24, 2.45) is 5.73 Å². The van der Waals surface area contributed by atoms with Gasteiger partial charge < -0.3 is 10.5 Å². The van der Waals surface area contributed by atoms with Gasteiger partial charge in [-0.2, -0.15) is 5.10 Å². The number of ether oxygens (including phenoxy) is 1. The summed E-state index contributed by atoms with van der Waals surface area (Å²) in [4.78, 5) is 0. The van der Waals surface area contributed by atoms with E-state index in [1.54, 1.807) is 7.11 Å². The number of rotatable bonds is 5. The molecule has 0 fully saturated rings. The molecule has 0 saturated heterocycles. The van der Waals surface area contributed by atoms with Crippen LogP contribution < -0.4 is 10.5 Å². The van der Waals surface area contributed by atoms with Gasteiger partial charge in [-0.15, -0.1) is 0 Å². The van der Waals surface area contributed by atoms with Crippen molar-refractivity contribution in [1.29, 1.82) is 0 Å². The number of hydrogen-bond acceptors (Lipinski definition) is 3. The van der Waals surface area contributed by atoms with E-state index in [4.69, 9.17) is 10.5 Å². The Balaban J connectivity index is 2.48. The summed E-state index contributed by atoms with van der Waals surface area (Å²) in [6.45, 7) is 4.07. The predicted molar refractivity (Wildman–Crippen MR) is 76.4 cm³/mol. The van der Waals surface area contributed by atoms with Gasteiger partial charge >= 0.3 is 0 Å². The SMILES string of the molecule is CCC(N)C(c1ccccc1OC)n1ccc(C)n1. The highest BCUT2D eigenvalue weighted by atomic mass is 16.5. The highest BCUT2D eigenvalue weighted by molar-refractivity contribution is 5.37. The highest BCUT2D eigenvalue weighted by Gasteiger charge is 2.24. The number of aromatic nitrogens is 2. The second kappa shape index (κ2) is 5.89. The summed E-state index contributed by atoms with van der Waals surface area (Å²) in [5.41, 5.74) is 8.36. The fourth-order valence-corrected chi connectivity index (χ4v) is 2.29. The monoisotopic (exact) mass is 259 g/mol. The van der Waals surface area contributed by atoms with Crippen LogP contribution >= 0.6 is 0 Å². The molecule has 0 aliphatic heterocycles. The molecular formula is C15H21N3O. The van der Waals surface area contributed by atoms with Crippen LogP contribution in [0.15, 0.2) is 36.5 Å². The van der Waals surface area contributed by atoms with E-state index in [1.807, 2.05) is 42.1 Å². The molecule has 4 heteroatoms. The number of nitrogens with zero attached hydrogens (tertiary/aromatic N) is 2. The van der Waals surface area contributed by atoms with Crippen LogP contribution in [0.5, 0.6) is 5.75 Å². The third-order valence-corrected chi connectivity index (χ3v) is 3.36. The van der Waals surface area contributed by atoms with Gasteiger partial charge in [-0.25, -0.2) is 0 Å². The van der Waals surface area contributed by atoms with Crippen molar-refractivity contribution < 1.29 is 4.74 Å². The molecule has 2 rings (SSSR count). The summed E-state index contributed by atoms with van der Waals surface area (Å²) in [6, 6.07) is 9.96. The Morgan fingerprint density at radius 2 is 2.05 bits per heavy atom. The molecule has 1 aromatic heterocycles. The van der Waals surface area contributed by atoms with E-state index < -0.39 is 0 Å². The van der Waals surface area contributed by atoms with Crippen LogP contribution in [0, 0.1) is 6.92 Å². The van der Waals surface area contributed by atoms with Crippen molar-refractivity contribution in [3.8, 4) is 5.75 Å². The lowest BCUT2D eigenvalue weighted by Gasteiger charge is -2.25.